The predicted octanol–water partition coefficient (Wildman–Crippen LogP) is 4.77. The summed E-state index contributed by atoms with van der Waals surface area (Å²) < 4.78 is 0. The third kappa shape index (κ3) is 5.55. The number of hydrogen-bond acceptors (Lipinski definition) is 3. The van der Waals surface area contributed by atoms with Gasteiger partial charge in [0.25, 0.3) is 0 Å². The number of carboxylic acid groups (broad SMARTS) is 1. The molecular formula is C15H22O3S. The Kier molecular flexibility index (Phi) is 7.41. The molecule has 1 rings (SSSR count). The molecule has 106 valence electrons. The second kappa shape index (κ2) is 8.86. The number of ketones is 1. The first-order valence-corrected chi connectivity index (χ1v) is 7.88. The van der Waals surface area contributed by atoms with Crippen LogP contribution >= 0.6 is 11.3 Å². The van der Waals surface area contributed by atoms with Gasteiger partial charge in [0.05, 0.1) is 0 Å². The highest BCUT2D eigenvalue weighted by Crippen LogP contribution is 2.19. The van der Waals surface area contributed by atoms with Crippen molar-refractivity contribution in [1.82, 2.24) is 0 Å². The summed E-state index contributed by atoms with van der Waals surface area (Å²) in [6.45, 7) is 2.19. The molecule has 1 aromatic heterocycles. The van der Waals surface area contributed by atoms with E-state index >= 15 is 0 Å². The number of carbonyl (C=O) groups is 2. The van der Waals surface area contributed by atoms with Gasteiger partial charge in [0.1, 0.15) is 4.88 Å². The van der Waals surface area contributed by atoms with Crippen LogP contribution in [0.3, 0.4) is 0 Å². The summed E-state index contributed by atoms with van der Waals surface area (Å²) in [6, 6.07) is 1.62. The van der Waals surface area contributed by atoms with Gasteiger partial charge >= 0.3 is 5.97 Å². The highest BCUT2D eigenvalue weighted by Gasteiger charge is 2.17. The maximum Gasteiger partial charge on any atom is 0.346 e. The molecule has 19 heavy (non-hydrogen) atoms. The van der Waals surface area contributed by atoms with Crippen molar-refractivity contribution in [3.05, 3.63) is 21.9 Å². The Labute approximate surface area is 118 Å². The van der Waals surface area contributed by atoms with Crippen LogP contribution in [0.1, 0.15) is 78.3 Å². The van der Waals surface area contributed by atoms with Crippen molar-refractivity contribution >= 4 is 23.1 Å². The highest BCUT2D eigenvalue weighted by atomic mass is 32.1. The van der Waals surface area contributed by atoms with Gasteiger partial charge in [-0.05, 0) is 17.9 Å². The molecule has 0 amide bonds. The molecule has 0 aliphatic rings. The van der Waals surface area contributed by atoms with Gasteiger partial charge in [-0.3, -0.25) is 4.79 Å². The maximum atomic E-state index is 11.9. The standard InChI is InChI=1S/C15H22O3S/c1-2-3-4-5-6-7-8-9-13(16)12-10-11-19-14(12)15(17)18/h10-11H,2-9H2,1H3,(H,17,18). The van der Waals surface area contributed by atoms with E-state index in [-0.39, 0.29) is 10.7 Å². The van der Waals surface area contributed by atoms with Crippen molar-refractivity contribution < 1.29 is 14.7 Å². The fourth-order valence-electron chi connectivity index (χ4n) is 2.07. The van der Waals surface area contributed by atoms with Crippen LogP contribution in [0.4, 0.5) is 0 Å². The summed E-state index contributed by atoms with van der Waals surface area (Å²) in [5.41, 5.74) is 0.378. The molecule has 1 aromatic rings. The first-order valence-electron chi connectivity index (χ1n) is 7.00. The fraction of sp³-hybridized carbons (Fsp3) is 0.600. The van der Waals surface area contributed by atoms with Crippen LogP contribution in [-0.2, 0) is 0 Å². The van der Waals surface area contributed by atoms with Crippen LogP contribution in [0.25, 0.3) is 0 Å². The minimum absolute atomic E-state index is 0.0350. The van der Waals surface area contributed by atoms with E-state index < -0.39 is 5.97 Å². The molecule has 3 nitrogen and oxygen atoms in total. The van der Waals surface area contributed by atoms with Crippen molar-refractivity contribution in [1.29, 1.82) is 0 Å². The summed E-state index contributed by atoms with van der Waals surface area (Å²) in [7, 11) is 0. The lowest BCUT2D eigenvalue weighted by molar-refractivity contribution is 0.0697. The Morgan fingerprint density at radius 3 is 2.37 bits per heavy atom. The number of Topliss-reactive ketones (excluding diaryl/α,β-unsaturated/α-hetero) is 1. The maximum absolute atomic E-state index is 11.9. The quantitative estimate of drug-likeness (QED) is 0.497. The molecule has 0 aromatic carbocycles. The predicted molar refractivity (Wildman–Crippen MR) is 78.2 cm³/mol. The Hall–Kier alpha value is -1.16. The van der Waals surface area contributed by atoms with Gasteiger partial charge in [-0.15, -0.1) is 11.3 Å². The average Bonchev–Trinajstić information content (AvgIpc) is 2.87. The number of hydrogen-bond donors (Lipinski definition) is 1. The normalized spacial score (nSPS) is 10.6. The largest absolute Gasteiger partial charge is 0.477 e. The number of aromatic carboxylic acids is 1. The van der Waals surface area contributed by atoms with Gasteiger partial charge in [-0.25, -0.2) is 4.79 Å². The van der Waals surface area contributed by atoms with Gasteiger partial charge in [0.2, 0.25) is 0 Å². The van der Waals surface area contributed by atoms with E-state index in [9.17, 15) is 9.59 Å². The van der Waals surface area contributed by atoms with Crippen molar-refractivity contribution in [2.45, 2.75) is 58.3 Å². The van der Waals surface area contributed by atoms with Crippen LogP contribution in [0, 0.1) is 0 Å². The SMILES string of the molecule is CCCCCCCCCC(=O)c1ccsc1C(=O)O. The number of rotatable bonds is 10. The van der Waals surface area contributed by atoms with E-state index in [1.165, 1.54) is 32.1 Å². The van der Waals surface area contributed by atoms with E-state index in [4.69, 9.17) is 5.11 Å². The molecule has 0 unspecified atom stereocenters. The first-order chi connectivity index (χ1) is 9.16. The fourth-order valence-corrected chi connectivity index (χ4v) is 2.82. The summed E-state index contributed by atoms with van der Waals surface area (Å²) in [4.78, 5) is 23.0. The van der Waals surface area contributed by atoms with Gasteiger partial charge in [0, 0.05) is 12.0 Å². The zero-order valence-electron chi connectivity index (χ0n) is 11.5. The summed E-state index contributed by atoms with van der Waals surface area (Å²) in [5.74, 6) is -1.04. The van der Waals surface area contributed by atoms with Crippen LogP contribution in [-0.4, -0.2) is 16.9 Å². The molecule has 0 aliphatic heterocycles. The number of carboxylic acids is 1. The Morgan fingerprint density at radius 2 is 1.74 bits per heavy atom. The van der Waals surface area contributed by atoms with Gasteiger partial charge in [-0.1, -0.05) is 45.4 Å². The molecule has 4 heteroatoms. The average molecular weight is 282 g/mol. The van der Waals surface area contributed by atoms with Crippen molar-refractivity contribution in [2.75, 3.05) is 0 Å². The van der Waals surface area contributed by atoms with Gasteiger partial charge in [-0.2, -0.15) is 0 Å². The zero-order chi connectivity index (χ0) is 14.1. The molecule has 0 bridgehead atoms. The lowest BCUT2D eigenvalue weighted by atomic mass is 10.0. The first kappa shape index (κ1) is 15.9. The van der Waals surface area contributed by atoms with Gasteiger partial charge in [0.15, 0.2) is 5.78 Å². The van der Waals surface area contributed by atoms with Crippen LogP contribution in [0.5, 0.6) is 0 Å². The summed E-state index contributed by atoms with van der Waals surface area (Å²) in [5, 5.41) is 10.6. The van der Waals surface area contributed by atoms with Crippen molar-refractivity contribution in [2.24, 2.45) is 0 Å². The van der Waals surface area contributed by atoms with E-state index in [2.05, 4.69) is 6.92 Å². The monoisotopic (exact) mass is 282 g/mol. The second-order valence-corrected chi connectivity index (χ2v) is 5.68. The second-order valence-electron chi connectivity index (χ2n) is 4.76. The number of carbonyl (C=O) groups excluding carboxylic acids is 1. The minimum Gasteiger partial charge on any atom is -0.477 e. The third-order valence-electron chi connectivity index (χ3n) is 3.17. The number of unbranched alkanes of at least 4 members (excludes halogenated alkanes) is 6. The van der Waals surface area contributed by atoms with Crippen LogP contribution in [0.2, 0.25) is 0 Å². The zero-order valence-corrected chi connectivity index (χ0v) is 12.3. The molecule has 0 atom stereocenters. The van der Waals surface area contributed by atoms with Crippen LogP contribution in [0.15, 0.2) is 11.4 Å². The molecule has 0 aliphatic carbocycles. The third-order valence-corrected chi connectivity index (χ3v) is 4.07. The minimum atomic E-state index is -1.00. The lowest BCUT2D eigenvalue weighted by Gasteiger charge is -2.01. The lowest BCUT2D eigenvalue weighted by Crippen LogP contribution is -2.04. The molecule has 0 fully saturated rings. The highest BCUT2D eigenvalue weighted by molar-refractivity contribution is 7.12. The molecule has 0 saturated carbocycles. The van der Waals surface area contributed by atoms with E-state index in [0.717, 1.165) is 24.2 Å². The molecule has 0 saturated heterocycles. The molecule has 0 spiro atoms. The smallest absolute Gasteiger partial charge is 0.346 e. The Bertz CT molecular complexity index is 409. The van der Waals surface area contributed by atoms with E-state index in [1.54, 1.807) is 11.4 Å². The van der Waals surface area contributed by atoms with Crippen LogP contribution < -0.4 is 0 Å². The topological polar surface area (TPSA) is 54.4 Å². The molecule has 0 radical (unpaired) electrons. The number of thiophene rings is 1. The summed E-state index contributed by atoms with van der Waals surface area (Å²) in [6.07, 6.45) is 8.60. The van der Waals surface area contributed by atoms with Gasteiger partial charge < -0.3 is 5.11 Å². The van der Waals surface area contributed by atoms with Crippen molar-refractivity contribution in [3.8, 4) is 0 Å². The molecule has 1 N–H and O–H groups in total. The van der Waals surface area contributed by atoms with E-state index in [1.807, 2.05) is 0 Å². The Balaban J connectivity index is 2.24. The Morgan fingerprint density at radius 1 is 1.11 bits per heavy atom. The van der Waals surface area contributed by atoms with E-state index in [0.29, 0.717) is 12.0 Å². The molecule has 1 heterocycles. The molecular weight excluding hydrogens is 260 g/mol. The van der Waals surface area contributed by atoms with Crippen molar-refractivity contribution in [3.63, 3.8) is 0 Å². The summed E-state index contributed by atoms with van der Waals surface area (Å²) >= 11 is 1.12.